The molecule has 0 aliphatic heterocycles. The molecule has 0 aliphatic rings. The molecule has 14 heavy (non-hydrogen) atoms. The first-order valence-electron chi connectivity index (χ1n) is 4.22. The minimum Gasteiger partial charge on any atom is -0.479 e. The predicted molar refractivity (Wildman–Crippen MR) is 56.9 cm³/mol. The van der Waals surface area contributed by atoms with Crippen molar-refractivity contribution in [2.24, 2.45) is 0 Å². The summed E-state index contributed by atoms with van der Waals surface area (Å²) >= 11 is 4.11. The van der Waals surface area contributed by atoms with Crippen molar-refractivity contribution in [2.75, 3.05) is 0 Å². The lowest BCUT2D eigenvalue weighted by Crippen LogP contribution is -2.22. The van der Waals surface area contributed by atoms with Crippen LogP contribution in [0.2, 0.25) is 0 Å². The van der Waals surface area contributed by atoms with Crippen molar-refractivity contribution < 1.29 is 14.6 Å². The van der Waals surface area contributed by atoms with Gasteiger partial charge in [-0.2, -0.15) is 12.6 Å². The van der Waals surface area contributed by atoms with Crippen LogP contribution in [0.5, 0.6) is 5.75 Å². The average molecular weight is 212 g/mol. The fourth-order valence-corrected chi connectivity index (χ4v) is 1.14. The molecule has 4 heteroatoms. The summed E-state index contributed by atoms with van der Waals surface area (Å²) < 4.78 is 5.15. The van der Waals surface area contributed by atoms with E-state index < -0.39 is 12.1 Å². The molecule has 1 rings (SSSR count). The highest BCUT2D eigenvalue weighted by atomic mass is 32.1. The minimum atomic E-state index is -0.969. The highest BCUT2D eigenvalue weighted by Gasteiger charge is 2.11. The average Bonchev–Trinajstić information content (AvgIpc) is 2.19. The molecule has 0 saturated heterocycles. The normalized spacial score (nSPS) is 12.1. The summed E-state index contributed by atoms with van der Waals surface area (Å²) in [6.45, 7) is 1.49. The van der Waals surface area contributed by atoms with Crippen LogP contribution < -0.4 is 4.74 Å². The molecule has 1 aromatic carbocycles. The Morgan fingerprint density at radius 2 is 2.07 bits per heavy atom. The largest absolute Gasteiger partial charge is 0.479 e. The van der Waals surface area contributed by atoms with Crippen molar-refractivity contribution in [1.82, 2.24) is 0 Å². The maximum atomic E-state index is 10.5. The van der Waals surface area contributed by atoms with Gasteiger partial charge in [-0.25, -0.2) is 4.79 Å². The number of thiol groups is 1. The van der Waals surface area contributed by atoms with Crippen LogP contribution in [-0.4, -0.2) is 17.2 Å². The Morgan fingerprint density at radius 3 is 2.50 bits per heavy atom. The molecular weight excluding hydrogens is 200 g/mol. The zero-order chi connectivity index (χ0) is 10.6. The van der Waals surface area contributed by atoms with Crippen LogP contribution in [0.1, 0.15) is 12.5 Å². The van der Waals surface area contributed by atoms with Gasteiger partial charge in [0, 0.05) is 5.75 Å². The van der Waals surface area contributed by atoms with Gasteiger partial charge in [-0.3, -0.25) is 0 Å². The van der Waals surface area contributed by atoms with Crippen LogP contribution in [0.15, 0.2) is 24.3 Å². The lowest BCUT2D eigenvalue weighted by atomic mass is 10.2. The van der Waals surface area contributed by atoms with E-state index in [-0.39, 0.29) is 0 Å². The second kappa shape index (κ2) is 4.91. The first kappa shape index (κ1) is 10.9. The highest BCUT2D eigenvalue weighted by molar-refractivity contribution is 7.79. The first-order valence-corrected chi connectivity index (χ1v) is 4.86. The van der Waals surface area contributed by atoms with Crippen molar-refractivity contribution in [3.63, 3.8) is 0 Å². The topological polar surface area (TPSA) is 46.5 Å². The molecular formula is C10H12O3S. The third-order valence-corrected chi connectivity index (χ3v) is 2.13. The Morgan fingerprint density at radius 1 is 1.50 bits per heavy atom. The second-order valence-electron chi connectivity index (χ2n) is 2.90. The van der Waals surface area contributed by atoms with Crippen LogP contribution >= 0.6 is 12.6 Å². The van der Waals surface area contributed by atoms with E-state index in [4.69, 9.17) is 9.84 Å². The molecule has 1 unspecified atom stereocenters. The molecule has 0 heterocycles. The summed E-state index contributed by atoms with van der Waals surface area (Å²) in [7, 11) is 0. The molecule has 0 radical (unpaired) electrons. The molecule has 0 bridgehead atoms. The van der Waals surface area contributed by atoms with Crippen LogP contribution in [-0.2, 0) is 10.5 Å². The van der Waals surface area contributed by atoms with Gasteiger partial charge in [0.1, 0.15) is 5.75 Å². The lowest BCUT2D eigenvalue weighted by molar-refractivity contribution is -0.144. The van der Waals surface area contributed by atoms with E-state index >= 15 is 0 Å². The third kappa shape index (κ3) is 2.96. The fraction of sp³-hybridized carbons (Fsp3) is 0.300. The molecule has 0 spiro atoms. The van der Waals surface area contributed by atoms with Crippen molar-refractivity contribution in [2.45, 2.75) is 18.8 Å². The van der Waals surface area contributed by atoms with E-state index in [2.05, 4.69) is 12.6 Å². The summed E-state index contributed by atoms with van der Waals surface area (Å²) in [5.41, 5.74) is 1.07. The number of aliphatic carboxylic acids is 1. The maximum absolute atomic E-state index is 10.5. The standard InChI is InChI=1S/C10H12O3S/c1-7(10(11)12)13-9-4-2-8(6-14)3-5-9/h2-5,7,14H,6H2,1H3,(H,11,12). The van der Waals surface area contributed by atoms with Gasteiger partial charge in [-0.1, -0.05) is 12.1 Å². The minimum absolute atomic E-state index is 0.561. The van der Waals surface area contributed by atoms with E-state index in [0.717, 1.165) is 5.56 Å². The molecule has 0 amide bonds. The molecule has 3 nitrogen and oxygen atoms in total. The van der Waals surface area contributed by atoms with Gasteiger partial charge in [0.2, 0.25) is 0 Å². The quantitative estimate of drug-likeness (QED) is 0.750. The SMILES string of the molecule is CC(Oc1ccc(CS)cc1)C(=O)O. The van der Waals surface area contributed by atoms with Gasteiger partial charge >= 0.3 is 5.97 Å². The van der Waals surface area contributed by atoms with Crippen molar-refractivity contribution in [3.8, 4) is 5.75 Å². The van der Waals surface area contributed by atoms with Gasteiger partial charge in [-0.05, 0) is 24.6 Å². The second-order valence-corrected chi connectivity index (χ2v) is 3.22. The molecule has 1 atom stereocenters. The maximum Gasteiger partial charge on any atom is 0.344 e. The molecule has 1 N–H and O–H groups in total. The summed E-state index contributed by atoms with van der Waals surface area (Å²) in [6.07, 6.45) is -0.822. The van der Waals surface area contributed by atoms with E-state index in [1.54, 1.807) is 12.1 Å². The van der Waals surface area contributed by atoms with E-state index in [9.17, 15) is 4.79 Å². The van der Waals surface area contributed by atoms with Crippen LogP contribution in [0.4, 0.5) is 0 Å². The number of hydrogen-bond acceptors (Lipinski definition) is 3. The summed E-state index contributed by atoms with van der Waals surface area (Å²) in [5.74, 6) is 0.253. The predicted octanol–water partition coefficient (Wildman–Crippen LogP) is 1.97. The smallest absolute Gasteiger partial charge is 0.344 e. The Labute approximate surface area is 88.1 Å². The zero-order valence-corrected chi connectivity index (χ0v) is 8.70. The Bertz CT molecular complexity index is 308. The number of benzene rings is 1. The van der Waals surface area contributed by atoms with E-state index in [1.165, 1.54) is 6.92 Å². The van der Waals surface area contributed by atoms with Crippen LogP contribution in [0.25, 0.3) is 0 Å². The highest BCUT2D eigenvalue weighted by Crippen LogP contribution is 2.14. The number of carboxylic acid groups (broad SMARTS) is 1. The van der Waals surface area contributed by atoms with Crippen LogP contribution in [0, 0.1) is 0 Å². The zero-order valence-electron chi connectivity index (χ0n) is 7.80. The van der Waals surface area contributed by atoms with Gasteiger partial charge in [0.25, 0.3) is 0 Å². The number of ether oxygens (including phenoxy) is 1. The van der Waals surface area contributed by atoms with Gasteiger partial charge in [0.05, 0.1) is 0 Å². The van der Waals surface area contributed by atoms with E-state index in [0.29, 0.717) is 11.5 Å². The Kier molecular flexibility index (Phi) is 3.83. The lowest BCUT2D eigenvalue weighted by Gasteiger charge is -2.10. The number of carbonyl (C=O) groups is 1. The molecule has 76 valence electrons. The molecule has 0 aliphatic carbocycles. The summed E-state index contributed by atoms with van der Waals surface area (Å²) in [6, 6.07) is 7.20. The van der Waals surface area contributed by atoms with Gasteiger partial charge in [-0.15, -0.1) is 0 Å². The number of rotatable bonds is 4. The van der Waals surface area contributed by atoms with Crippen molar-refractivity contribution >= 4 is 18.6 Å². The summed E-state index contributed by atoms with van der Waals surface area (Å²) in [5, 5.41) is 8.61. The molecule has 0 aromatic heterocycles. The number of hydrogen-bond donors (Lipinski definition) is 2. The Balaban J connectivity index is 2.64. The molecule has 1 aromatic rings. The number of carboxylic acids is 1. The monoisotopic (exact) mass is 212 g/mol. The van der Waals surface area contributed by atoms with Crippen LogP contribution in [0.3, 0.4) is 0 Å². The first-order chi connectivity index (χ1) is 6.63. The summed E-state index contributed by atoms with van der Waals surface area (Å²) in [4.78, 5) is 10.5. The Hall–Kier alpha value is -1.16. The molecule has 0 saturated carbocycles. The van der Waals surface area contributed by atoms with Gasteiger partial charge in [0.15, 0.2) is 6.10 Å². The van der Waals surface area contributed by atoms with E-state index in [1.807, 2.05) is 12.1 Å². The van der Waals surface area contributed by atoms with Crippen molar-refractivity contribution in [3.05, 3.63) is 29.8 Å². The van der Waals surface area contributed by atoms with Gasteiger partial charge < -0.3 is 9.84 Å². The fourth-order valence-electron chi connectivity index (χ4n) is 0.928. The molecule has 0 fully saturated rings. The van der Waals surface area contributed by atoms with Crippen molar-refractivity contribution in [1.29, 1.82) is 0 Å². The third-order valence-electron chi connectivity index (χ3n) is 1.77.